The summed E-state index contributed by atoms with van der Waals surface area (Å²) in [7, 11) is 3.88. The molecule has 3 aromatic rings. The molecule has 28 heavy (non-hydrogen) atoms. The number of urea groups is 1. The summed E-state index contributed by atoms with van der Waals surface area (Å²) >= 11 is 0. The monoisotopic (exact) mass is 376 g/mol. The largest absolute Gasteiger partial charge is 0.487 e. The Morgan fingerprint density at radius 2 is 1.75 bits per heavy atom. The first kappa shape index (κ1) is 19.2. The Balaban J connectivity index is 1.49. The number of para-hydroxylation sites is 2. The van der Waals surface area contributed by atoms with Crippen molar-refractivity contribution in [1.29, 1.82) is 0 Å². The maximum absolute atomic E-state index is 12.2. The summed E-state index contributed by atoms with van der Waals surface area (Å²) in [5, 5.41) is 5.76. The first-order chi connectivity index (χ1) is 13.6. The first-order valence-electron chi connectivity index (χ1n) is 9.04. The van der Waals surface area contributed by atoms with Crippen LogP contribution < -0.4 is 20.3 Å². The molecule has 0 saturated heterocycles. The lowest BCUT2D eigenvalue weighted by Gasteiger charge is -2.18. The molecule has 0 saturated carbocycles. The van der Waals surface area contributed by atoms with E-state index in [4.69, 9.17) is 4.74 Å². The summed E-state index contributed by atoms with van der Waals surface area (Å²) in [6, 6.07) is 20.8. The van der Waals surface area contributed by atoms with Gasteiger partial charge in [-0.2, -0.15) is 0 Å². The Labute approximate surface area is 165 Å². The maximum Gasteiger partial charge on any atom is 0.319 e. The lowest BCUT2D eigenvalue weighted by molar-refractivity contribution is 0.251. The van der Waals surface area contributed by atoms with Gasteiger partial charge in [-0.3, -0.25) is 4.98 Å². The molecule has 2 aromatic carbocycles. The number of hydrogen-bond acceptors (Lipinski definition) is 4. The van der Waals surface area contributed by atoms with Crippen molar-refractivity contribution in [3.8, 4) is 5.75 Å². The molecule has 1 heterocycles. The average molecular weight is 376 g/mol. The summed E-state index contributed by atoms with van der Waals surface area (Å²) in [5.41, 5.74) is 3.58. The summed E-state index contributed by atoms with van der Waals surface area (Å²) in [6.45, 7) is 0.850. The zero-order valence-electron chi connectivity index (χ0n) is 16.1. The zero-order chi connectivity index (χ0) is 19.8. The molecule has 0 aliphatic carbocycles. The van der Waals surface area contributed by atoms with Crippen LogP contribution in [0.25, 0.3) is 0 Å². The van der Waals surface area contributed by atoms with Crippen molar-refractivity contribution < 1.29 is 9.53 Å². The Bertz CT molecular complexity index is 896. The number of pyridine rings is 1. The molecule has 0 radical (unpaired) electrons. The van der Waals surface area contributed by atoms with E-state index in [-0.39, 0.29) is 6.03 Å². The van der Waals surface area contributed by atoms with Gasteiger partial charge >= 0.3 is 6.03 Å². The van der Waals surface area contributed by atoms with Crippen LogP contribution in [0.15, 0.2) is 72.9 Å². The number of hydrogen-bond donors (Lipinski definition) is 2. The highest BCUT2D eigenvalue weighted by atomic mass is 16.5. The Hall–Kier alpha value is -3.54. The van der Waals surface area contributed by atoms with Gasteiger partial charge in [-0.15, -0.1) is 0 Å². The van der Waals surface area contributed by atoms with Crippen LogP contribution in [-0.2, 0) is 13.2 Å². The molecule has 2 amide bonds. The van der Waals surface area contributed by atoms with Crippen LogP contribution in [-0.4, -0.2) is 25.1 Å². The van der Waals surface area contributed by atoms with E-state index in [0.717, 1.165) is 28.4 Å². The topological polar surface area (TPSA) is 66.5 Å². The van der Waals surface area contributed by atoms with Crippen molar-refractivity contribution in [2.45, 2.75) is 13.2 Å². The van der Waals surface area contributed by atoms with E-state index >= 15 is 0 Å². The highest BCUT2D eigenvalue weighted by molar-refractivity contribution is 5.93. The molecule has 0 spiro atoms. The third-order valence-corrected chi connectivity index (χ3v) is 4.12. The number of aromatic nitrogens is 1. The summed E-state index contributed by atoms with van der Waals surface area (Å²) in [4.78, 5) is 18.4. The Morgan fingerprint density at radius 1 is 1.00 bits per heavy atom. The number of amides is 2. The second-order valence-corrected chi connectivity index (χ2v) is 6.47. The molecule has 0 unspecified atom stereocenters. The van der Waals surface area contributed by atoms with Crippen LogP contribution in [0.3, 0.4) is 0 Å². The fraction of sp³-hybridized carbons (Fsp3) is 0.182. The second kappa shape index (κ2) is 9.41. The maximum atomic E-state index is 12.2. The normalized spacial score (nSPS) is 10.2. The van der Waals surface area contributed by atoms with Crippen LogP contribution >= 0.6 is 0 Å². The van der Waals surface area contributed by atoms with Gasteiger partial charge in [0.1, 0.15) is 12.4 Å². The lowest BCUT2D eigenvalue weighted by atomic mass is 10.2. The number of rotatable bonds is 7. The molecule has 3 rings (SSSR count). The SMILES string of the molecule is CN(C)c1ccccc1NC(=O)NCc1ccc(OCc2ccccn2)cc1. The average Bonchev–Trinajstić information content (AvgIpc) is 2.72. The molecule has 0 bridgehead atoms. The van der Waals surface area contributed by atoms with Gasteiger partial charge in [-0.1, -0.05) is 30.3 Å². The molecular weight excluding hydrogens is 352 g/mol. The van der Waals surface area contributed by atoms with Crippen LogP contribution in [0.5, 0.6) is 5.75 Å². The van der Waals surface area contributed by atoms with E-state index in [1.807, 2.05) is 85.7 Å². The quantitative estimate of drug-likeness (QED) is 0.653. The molecule has 6 heteroatoms. The van der Waals surface area contributed by atoms with Crippen LogP contribution in [0.4, 0.5) is 16.2 Å². The standard InChI is InChI=1S/C22H24N4O2/c1-26(2)21-9-4-3-8-20(21)25-22(27)24-15-17-10-12-19(13-11-17)28-16-18-7-5-6-14-23-18/h3-14H,15-16H2,1-2H3,(H2,24,25,27). The molecule has 144 valence electrons. The molecule has 0 atom stereocenters. The van der Waals surface area contributed by atoms with Gasteiger partial charge in [-0.05, 0) is 42.0 Å². The van der Waals surface area contributed by atoms with Gasteiger partial charge in [0.15, 0.2) is 0 Å². The third-order valence-electron chi connectivity index (χ3n) is 4.12. The van der Waals surface area contributed by atoms with Crippen LogP contribution in [0.2, 0.25) is 0 Å². The van der Waals surface area contributed by atoms with E-state index < -0.39 is 0 Å². The molecule has 0 fully saturated rings. The van der Waals surface area contributed by atoms with E-state index in [2.05, 4.69) is 15.6 Å². The minimum atomic E-state index is -0.246. The van der Waals surface area contributed by atoms with Crippen molar-refractivity contribution in [1.82, 2.24) is 10.3 Å². The van der Waals surface area contributed by atoms with Gasteiger partial charge < -0.3 is 20.3 Å². The lowest BCUT2D eigenvalue weighted by Crippen LogP contribution is -2.28. The zero-order valence-corrected chi connectivity index (χ0v) is 16.1. The number of ether oxygens (including phenoxy) is 1. The fourth-order valence-electron chi connectivity index (χ4n) is 2.66. The van der Waals surface area contributed by atoms with Gasteiger partial charge in [-0.25, -0.2) is 4.79 Å². The Kier molecular flexibility index (Phi) is 6.46. The molecule has 1 aromatic heterocycles. The molecule has 2 N–H and O–H groups in total. The minimum Gasteiger partial charge on any atom is -0.487 e. The van der Waals surface area contributed by atoms with Gasteiger partial charge in [0.25, 0.3) is 0 Å². The number of nitrogens with zero attached hydrogens (tertiary/aromatic N) is 2. The summed E-state index contributed by atoms with van der Waals surface area (Å²) < 4.78 is 5.72. The summed E-state index contributed by atoms with van der Waals surface area (Å²) in [6.07, 6.45) is 1.75. The predicted molar refractivity (Wildman–Crippen MR) is 112 cm³/mol. The summed E-state index contributed by atoms with van der Waals surface area (Å²) in [5.74, 6) is 0.763. The second-order valence-electron chi connectivity index (χ2n) is 6.47. The number of carbonyl (C=O) groups is 1. The van der Waals surface area contributed by atoms with Crippen molar-refractivity contribution >= 4 is 17.4 Å². The van der Waals surface area contributed by atoms with E-state index in [9.17, 15) is 4.79 Å². The predicted octanol–water partition coefficient (Wildman–Crippen LogP) is 4.05. The number of benzene rings is 2. The van der Waals surface area contributed by atoms with Gasteiger partial charge in [0, 0.05) is 26.8 Å². The third kappa shape index (κ3) is 5.48. The van der Waals surface area contributed by atoms with Gasteiger partial charge in [0.05, 0.1) is 17.1 Å². The molecule has 0 aliphatic heterocycles. The molecule has 6 nitrogen and oxygen atoms in total. The van der Waals surface area contributed by atoms with E-state index in [0.29, 0.717) is 13.2 Å². The van der Waals surface area contributed by atoms with Crippen LogP contribution in [0.1, 0.15) is 11.3 Å². The van der Waals surface area contributed by atoms with Gasteiger partial charge in [0.2, 0.25) is 0 Å². The number of nitrogens with one attached hydrogen (secondary N) is 2. The Morgan fingerprint density at radius 3 is 2.46 bits per heavy atom. The van der Waals surface area contributed by atoms with Crippen molar-refractivity contribution in [2.24, 2.45) is 0 Å². The van der Waals surface area contributed by atoms with Crippen molar-refractivity contribution in [3.63, 3.8) is 0 Å². The first-order valence-corrected chi connectivity index (χ1v) is 9.04. The molecular formula is C22H24N4O2. The number of carbonyl (C=O) groups excluding carboxylic acids is 1. The van der Waals surface area contributed by atoms with E-state index in [1.54, 1.807) is 6.20 Å². The van der Waals surface area contributed by atoms with Crippen molar-refractivity contribution in [3.05, 3.63) is 84.2 Å². The number of anilines is 2. The highest BCUT2D eigenvalue weighted by Gasteiger charge is 2.07. The van der Waals surface area contributed by atoms with Crippen molar-refractivity contribution in [2.75, 3.05) is 24.3 Å². The molecule has 0 aliphatic rings. The van der Waals surface area contributed by atoms with Crippen LogP contribution in [0, 0.1) is 0 Å². The highest BCUT2D eigenvalue weighted by Crippen LogP contribution is 2.23. The minimum absolute atomic E-state index is 0.246. The fourth-order valence-corrected chi connectivity index (χ4v) is 2.66. The van der Waals surface area contributed by atoms with E-state index in [1.165, 1.54) is 0 Å². The smallest absolute Gasteiger partial charge is 0.319 e.